The Hall–Kier alpha value is -1.16. The minimum Gasteiger partial charge on any atom is -0.413 e. The SMILES string of the molecule is CC1=C(/C=C/C(C)=C/C=C\C(C)=C\CO[Si](C)(C)C(C)(C)C)C(C)(C)C[C@H](O)C1. The standard InChI is InChI=1S/C26H44O2Si/c1-20(14-15-24-22(3)18-23(27)19-26(24,7)8)12-11-13-21(2)16-17-28-29(9,10)25(4,5)6/h11-16,23,27H,17-19H2,1-10H3/b13-11-,15-14+,20-12+,21-16+/t23-/m1/s1. The predicted molar refractivity (Wildman–Crippen MR) is 131 cm³/mol. The lowest BCUT2D eigenvalue weighted by Gasteiger charge is -2.35. The summed E-state index contributed by atoms with van der Waals surface area (Å²) in [5, 5.41) is 10.3. The summed E-state index contributed by atoms with van der Waals surface area (Å²) in [5.41, 5.74) is 5.12. The van der Waals surface area contributed by atoms with Crippen molar-refractivity contribution in [2.45, 2.75) is 92.5 Å². The lowest BCUT2D eigenvalue weighted by molar-refractivity contribution is 0.116. The molecule has 0 bridgehead atoms. The third kappa shape index (κ3) is 8.23. The first-order valence-electron chi connectivity index (χ1n) is 10.9. The highest BCUT2D eigenvalue weighted by Gasteiger charge is 2.36. The van der Waals surface area contributed by atoms with Crippen molar-refractivity contribution in [2.24, 2.45) is 5.41 Å². The Balaban J connectivity index is 2.69. The Morgan fingerprint density at radius 1 is 1.17 bits per heavy atom. The summed E-state index contributed by atoms with van der Waals surface area (Å²) in [5.74, 6) is 0. The van der Waals surface area contributed by atoms with Crippen molar-refractivity contribution in [1.29, 1.82) is 0 Å². The molecule has 0 aromatic heterocycles. The van der Waals surface area contributed by atoms with E-state index in [4.69, 9.17) is 4.43 Å². The molecule has 3 heteroatoms. The number of allylic oxidation sites excluding steroid dienone is 8. The lowest BCUT2D eigenvalue weighted by Crippen LogP contribution is -2.40. The van der Waals surface area contributed by atoms with Crippen LogP contribution >= 0.6 is 0 Å². The van der Waals surface area contributed by atoms with Crippen LogP contribution in [0.15, 0.2) is 58.7 Å². The molecule has 0 saturated carbocycles. The van der Waals surface area contributed by atoms with E-state index in [0.29, 0.717) is 6.61 Å². The first-order chi connectivity index (χ1) is 13.2. The van der Waals surface area contributed by atoms with Gasteiger partial charge in [-0.3, -0.25) is 0 Å². The van der Waals surface area contributed by atoms with E-state index in [2.05, 4.69) is 105 Å². The molecule has 1 N–H and O–H groups in total. The fourth-order valence-electron chi connectivity index (χ4n) is 3.47. The topological polar surface area (TPSA) is 29.5 Å². The number of aliphatic hydroxyl groups is 1. The molecule has 0 spiro atoms. The summed E-state index contributed by atoms with van der Waals surface area (Å²) in [6.07, 6.45) is 14.4. The molecule has 1 atom stereocenters. The van der Waals surface area contributed by atoms with Crippen LogP contribution in [0.2, 0.25) is 18.1 Å². The van der Waals surface area contributed by atoms with Gasteiger partial charge in [-0.2, -0.15) is 0 Å². The third-order valence-electron chi connectivity index (χ3n) is 6.36. The number of hydrogen-bond donors (Lipinski definition) is 1. The van der Waals surface area contributed by atoms with Gasteiger partial charge < -0.3 is 9.53 Å². The molecule has 1 aliphatic carbocycles. The molecule has 0 saturated heterocycles. The van der Waals surface area contributed by atoms with Crippen LogP contribution in [0, 0.1) is 5.41 Å². The van der Waals surface area contributed by atoms with Gasteiger partial charge in [0.15, 0.2) is 8.32 Å². The Kier molecular flexibility index (Phi) is 9.13. The van der Waals surface area contributed by atoms with Gasteiger partial charge in [0, 0.05) is 0 Å². The second-order valence-corrected chi connectivity index (χ2v) is 15.6. The summed E-state index contributed by atoms with van der Waals surface area (Å²) in [6.45, 7) is 22.9. The normalized spacial score (nSPS) is 22.2. The van der Waals surface area contributed by atoms with Crippen molar-refractivity contribution in [3.8, 4) is 0 Å². The lowest BCUT2D eigenvalue weighted by atomic mass is 9.71. The highest BCUT2D eigenvalue weighted by Crippen LogP contribution is 2.41. The van der Waals surface area contributed by atoms with Gasteiger partial charge in [-0.15, -0.1) is 0 Å². The summed E-state index contributed by atoms with van der Waals surface area (Å²) >= 11 is 0. The largest absolute Gasteiger partial charge is 0.413 e. The van der Waals surface area contributed by atoms with Gasteiger partial charge in [-0.05, 0) is 62.7 Å². The molecule has 2 nitrogen and oxygen atoms in total. The molecule has 0 aliphatic heterocycles. The van der Waals surface area contributed by atoms with Crippen molar-refractivity contribution in [3.05, 3.63) is 58.7 Å². The van der Waals surface area contributed by atoms with Crippen molar-refractivity contribution in [1.82, 2.24) is 0 Å². The van der Waals surface area contributed by atoms with Crippen LogP contribution in [0.1, 0.15) is 68.2 Å². The number of aliphatic hydroxyl groups excluding tert-OH is 1. The molecule has 0 unspecified atom stereocenters. The maximum atomic E-state index is 10.0. The fourth-order valence-corrected chi connectivity index (χ4v) is 4.40. The molecule has 0 aromatic rings. The summed E-state index contributed by atoms with van der Waals surface area (Å²) in [6, 6.07) is 0. The van der Waals surface area contributed by atoms with Crippen molar-refractivity contribution < 1.29 is 9.53 Å². The molecule has 1 aliphatic rings. The zero-order valence-corrected chi connectivity index (χ0v) is 21.5. The molecule has 0 aromatic carbocycles. The first kappa shape index (κ1) is 25.9. The van der Waals surface area contributed by atoms with E-state index in [-0.39, 0.29) is 16.6 Å². The Labute approximate surface area is 181 Å². The number of rotatable bonds is 7. The highest BCUT2D eigenvalue weighted by molar-refractivity contribution is 6.74. The van der Waals surface area contributed by atoms with Crippen LogP contribution < -0.4 is 0 Å². The van der Waals surface area contributed by atoms with Crippen molar-refractivity contribution in [3.63, 3.8) is 0 Å². The Morgan fingerprint density at radius 2 is 1.79 bits per heavy atom. The summed E-state index contributed by atoms with van der Waals surface area (Å²) < 4.78 is 6.21. The molecule has 0 radical (unpaired) electrons. The molecular weight excluding hydrogens is 372 g/mol. The average molecular weight is 417 g/mol. The molecule has 1 rings (SSSR count). The van der Waals surface area contributed by atoms with Gasteiger partial charge in [0.25, 0.3) is 0 Å². The van der Waals surface area contributed by atoms with Gasteiger partial charge >= 0.3 is 0 Å². The molecule has 0 amide bonds. The van der Waals surface area contributed by atoms with Gasteiger partial charge in [0.05, 0.1) is 12.7 Å². The first-order valence-corrected chi connectivity index (χ1v) is 13.8. The van der Waals surface area contributed by atoms with Crippen LogP contribution in [0.3, 0.4) is 0 Å². The van der Waals surface area contributed by atoms with Crippen LogP contribution in [0.4, 0.5) is 0 Å². The Morgan fingerprint density at radius 3 is 2.34 bits per heavy atom. The van der Waals surface area contributed by atoms with Crippen LogP contribution in [0.5, 0.6) is 0 Å². The maximum absolute atomic E-state index is 10.0. The van der Waals surface area contributed by atoms with Crippen LogP contribution in [-0.2, 0) is 4.43 Å². The smallest absolute Gasteiger partial charge is 0.192 e. The third-order valence-corrected chi connectivity index (χ3v) is 10.9. The predicted octanol–water partition coefficient (Wildman–Crippen LogP) is 7.51. The van der Waals surface area contributed by atoms with Crippen molar-refractivity contribution >= 4 is 8.32 Å². The van der Waals surface area contributed by atoms with Crippen molar-refractivity contribution in [2.75, 3.05) is 6.61 Å². The summed E-state index contributed by atoms with van der Waals surface area (Å²) in [7, 11) is -1.68. The van der Waals surface area contributed by atoms with Gasteiger partial charge in [-0.25, -0.2) is 0 Å². The Bertz CT molecular complexity index is 709. The maximum Gasteiger partial charge on any atom is 0.192 e. The zero-order valence-electron chi connectivity index (χ0n) is 20.5. The zero-order chi connectivity index (χ0) is 22.5. The average Bonchev–Trinajstić information content (AvgIpc) is 2.51. The molecular formula is C26H44O2Si. The highest BCUT2D eigenvalue weighted by atomic mass is 28.4. The van der Waals surface area contributed by atoms with E-state index >= 15 is 0 Å². The van der Waals surface area contributed by atoms with Crippen LogP contribution in [0.25, 0.3) is 0 Å². The molecule has 164 valence electrons. The molecule has 0 fully saturated rings. The minimum absolute atomic E-state index is 0.0256. The van der Waals surface area contributed by atoms with Gasteiger partial charge in [0.1, 0.15) is 0 Å². The van der Waals surface area contributed by atoms with E-state index < -0.39 is 8.32 Å². The fraction of sp³-hybridized carbons (Fsp3) is 0.615. The van der Waals surface area contributed by atoms with Crippen LogP contribution in [-0.4, -0.2) is 26.1 Å². The van der Waals surface area contributed by atoms with E-state index in [1.54, 1.807) is 0 Å². The monoisotopic (exact) mass is 416 g/mol. The molecule has 29 heavy (non-hydrogen) atoms. The van der Waals surface area contributed by atoms with E-state index in [9.17, 15) is 5.11 Å². The number of hydrogen-bond acceptors (Lipinski definition) is 2. The van der Waals surface area contributed by atoms with Gasteiger partial charge in [-0.1, -0.05) is 87.8 Å². The second kappa shape index (κ2) is 10.2. The van der Waals surface area contributed by atoms with E-state index in [0.717, 1.165) is 12.8 Å². The second-order valence-electron chi connectivity index (χ2n) is 10.8. The van der Waals surface area contributed by atoms with E-state index in [1.807, 2.05) is 0 Å². The quantitative estimate of drug-likeness (QED) is 0.343. The van der Waals surface area contributed by atoms with E-state index in [1.165, 1.54) is 22.3 Å². The molecule has 0 heterocycles. The minimum atomic E-state index is -1.68. The van der Waals surface area contributed by atoms with Gasteiger partial charge in [0.2, 0.25) is 0 Å². The summed E-state index contributed by atoms with van der Waals surface area (Å²) in [4.78, 5) is 0.